The van der Waals surface area contributed by atoms with E-state index in [0.29, 0.717) is 76.6 Å². The van der Waals surface area contributed by atoms with E-state index in [4.69, 9.17) is 24.2 Å². The van der Waals surface area contributed by atoms with Crippen LogP contribution in [0.25, 0.3) is 33.4 Å². The first-order valence-electron chi connectivity index (χ1n) is 25.5. The topological polar surface area (TPSA) is 184 Å². The number of benzene rings is 1. The number of hydrazine groups is 1. The number of methoxy groups -OCH3 is 1. The number of aromatic nitrogens is 3. The fraction of sp³-hybridized carbons (Fsp3) is 0.566. The van der Waals surface area contributed by atoms with Crippen molar-refractivity contribution in [3.63, 3.8) is 0 Å². The Hall–Kier alpha value is -5.73. The number of esters is 1. The number of carbonyl (C=O) groups excluding carboxylic acids is 5. The number of hydrogen-bond acceptors (Lipinski definition) is 13. The molecule has 4 aromatic rings. The van der Waals surface area contributed by atoms with Crippen LogP contribution in [0.5, 0.6) is 0 Å². The van der Waals surface area contributed by atoms with Gasteiger partial charge in [0.15, 0.2) is 0 Å². The third-order valence-corrected chi connectivity index (χ3v) is 15.2. The van der Waals surface area contributed by atoms with Gasteiger partial charge in [-0.25, -0.2) is 15.2 Å². The van der Waals surface area contributed by atoms with E-state index in [1.54, 1.807) is 36.2 Å². The molecule has 0 spiro atoms. The monoisotopic (exact) mass is 1010 g/mol. The van der Waals surface area contributed by atoms with Gasteiger partial charge in [0.05, 0.1) is 54.7 Å². The molecular weight excluding hydrogens is 937 g/mol. The van der Waals surface area contributed by atoms with Crippen LogP contribution in [0.2, 0.25) is 0 Å². The van der Waals surface area contributed by atoms with Gasteiger partial charge in [0.2, 0.25) is 11.8 Å². The molecular formula is C53H72N10O8S. The highest BCUT2D eigenvalue weighted by Gasteiger charge is 2.39. The van der Waals surface area contributed by atoms with E-state index in [1.807, 2.05) is 38.3 Å². The van der Waals surface area contributed by atoms with Crippen molar-refractivity contribution in [2.24, 2.45) is 11.3 Å². The minimum absolute atomic E-state index is 0.0623. The molecule has 3 saturated heterocycles. The van der Waals surface area contributed by atoms with Crippen LogP contribution in [-0.2, 0) is 52.8 Å². The van der Waals surface area contributed by atoms with Crippen LogP contribution in [0.15, 0.2) is 54.1 Å². The van der Waals surface area contributed by atoms with Gasteiger partial charge in [0.25, 0.3) is 5.91 Å². The molecule has 4 atom stereocenters. The minimum Gasteiger partial charge on any atom is -0.464 e. The van der Waals surface area contributed by atoms with Crippen LogP contribution in [0.1, 0.15) is 83.2 Å². The highest BCUT2D eigenvalue weighted by molar-refractivity contribution is 7.10. The fourth-order valence-electron chi connectivity index (χ4n) is 10.4. The van der Waals surface area contributed by atoms with Gasteiger partial charge in [-0.15, -0.1) is 11.3 Å². The molecule has 72 heavy (non-hydrogen) atoms. The van der Waals surface area contributed by atoms with Crippen molar-refractivity contribution in [2.75, 3.05) is 79.9 Å². The van der Waals surface area contributed by atoms with Gasteiger partial charge in [0, 0.05) is 111 Å². The van der Waals surface area contributed by atoms with Crippen LogP contribution in [-0.4, -0.2) is 167 Å². The summed E-state index contributed by atoms with van der Waals surface area (Å²) >= 11 is 1.40. The predicted molar refractivity (Wildman–Crippen MR) is 275 cm³/mol. The van der Waals surface area contributed by atoms with Gasteiger partial charge in [-0.1, -0.05) is 39.8 Å². The molecule has 388 valence electrons. The van der Waals surface area contributed by atoms with Crippen molar-refractivity contribution < 1.29 is 38.2 Å². The van der Waals surface area contributed by atoms with Crippen molar-refractivity contribution in [2.45, 2.75) is 104 Å². The van der Waals surface area contributed by atoms with Crippen LogP contribution in [0.3, 0.4) is 0 Å². The minimum atomic E-state index is -1.10. The van der Waals surface area contributed by atoms with Crippen LogP contribution in [0, 0.1) is 11.3 Å². The summed E-state index contributed by atoms with van der Waals surface area (Å²) in [5, 5.41) is 8.11. The number of nitrogens with zero attached hydrogens (tertiary/aromatic N) is 8. The number of hydrogen-bond donors (Lipinski definition) is 2. The summed E-state index contributed by atoms with van der Waals surface area (Å²) in [5.41, 5.74) is 9.24. The maximum absolute atomic E-state index is 14.7. The van der Waals surface area contributed by atoms with E-state index in [1.165, 1.54) is 21.2 Å². The van der Waals surface area contributed by atoms with E-state index in [2.05, 4.69) is 65.2 Å². The number of rotatable bonds is 11. The zero-order valence-corrected chi connectivity index (χ0v) is 44.0. The van der Waals surface area contributed by atoms with Gasteiger partial charge in [-0.2, -0.15) is 0 Å². The SMILES string of the molecule is CCn1c(-c2cccnc2[C@H](C)OC)c2c3cc(ccc31)-c1csc(n1)C[C@H](NC(=O)[C@H](C(C)C)N(C)C(=O)N1CCCN(C(=O)/C=C/CN3CCOCC3)C1)C(=O)N1CCC[C@H](N1)C(=O)OCC(C)(C)C2. The Morgan fingerprint density at radius 3 is 2.58 bits per heavy atom. The summed E-state index contributed by atoms with van der Waals surface area (Å²) in [4.78, 5) is 87.7. The second-order valence-electron chi connectivity index (χ2n) is 20.5. The number of thiazole rings is 1. The van der Waals surface area contributed by atoms with Gasteiger partial charge in [-0.05, 0) is 75.3 Å². The lowest BCUT2D eigenvalue weighted by Crippen LogP contribution is -2.63. The first-order chi connectivity index (χ1) is 34.6. The summed E-state index contributed by atoms with van der Waals surface area (Å²) in [6, 6.07) is 7.15. The number of amides is 5. The number of urea groups is 1. The van der Waals surface area contributed by atoms with E-state index < -0.39 is 47.4 Å². The lowest BCUT2D eigenvalue weighted by molar-refractivity contribution is -0.155. The average molecular weight is 1010 g/mol. The number of morpholine rings is 1. The maximum Gasteiger partial charge on any atom is 0.324 e. The normalized spacial score (nSPS) is 21.2. The number of fused-ring (bicyclic) bond motifs is 6. The molecule has 0 unspecified atom stereocenters. The van der Waals surface area contributed by atoms with E-state index >= 15 is 0 Å². The van der Waals surface area contributed by atoms with E-state index in [9.17, 15) is 24.0 Å². The number of cyclic esters (lactones) is 1. The first kappa shape index (κ1) is 52.6. The Balaban J connectivity index is 1.08. The first-order valence-corrected chi connectivity index (χ1v) is 26.3. The van der Waals surface area contributed by atoms with E-state index in [0.717, 1.165) is 57.8 Å². The van der Waals surface area contributed by atoms with Gasteiger partial charge in [0.1, 0.15) is 18.1 Å². The molecule has 0 radical (unpaired) electrons. The quantitative estimate of drug-likeness (QED) is 0.139. The lowest BCUT2D eigenvalue weighted by atomic mass is 9.84. The Morgan fingerprint density at radius 1 is 1.06 bits per heavy atom. The van der Waals surface area contributed by atoms with Crippen molar-refractivity contribution >= 4 is 52.0 Å². The summed E-state index contributed by atoms with van der Waals surface area (Å²) in [6.45, 7) is 17.8. The third kappa shape index (κ3) is 11.7. The molecule has 19 heteroatoms. The van der Waals surface area contributed by atoms with Crippen LogP contribution in [0.4, 0.5) is 4.79 Å². The van der Waals surface area contributed by atoms with Crippen molar-refractivity contribution in [3.05, 3.63) is 70.3 Å². The fourth-order valence-corrected chi connectivity index (χ4v) is 11.3. The maximum atomic E-state index is 14.7. The van der Waals surface area contributed by atoms with Crippen LogP contribution >= 0.6 is 11.3 Å². The molecule has 5 amide bonds. The standard InChI is InChI=1S/C53H72N10O8S/c1-9-62-43-18-17-36-28-38(43)39(48(62)37-14-10-19-54-46(37)35(4)69-8)30-53(5,6)32-71-51(67)40-15-11-23-63(57-40)50(66)41(29-44-55-42(36)31-72-44)56-49(65)47(34(2)3)58(7)52(68)61-22-13-21-60(33-61)45(64)16-12-20-59-24-26-70-27-25-59/h10,12,14,16-19,28,31,34-35,40-41,47,57H,9,11,13,15,20-27,29-30,32-33H2,1-8H3,(H,56,65)/b16-12+/t35-,40-,41-,47-/m0/s1. The molecule has 8 rings (SSSR count). The lowest BCUT2D eigenvalue weighted by Gasteiger charge is -2.40. The van der Waals surface area contributed by atoms with Crippen molar-refractivity contribution in [1.29, 1.82) is 0 Å². The number of aryl methyl sites for hydroxylation is 1. The molecule has 6 bridgehead atoms. The Kier molecular flexibility index (Phi) is 16.8. The molecule has 7 heterocycles. The number of ether oxygens (including phenoxy) is 3. The highest BCUT2D eigenvalue weighted by Crippen LogP contribution is 2.42. The molecule has 3 fully saturated rings. The van der Waals surface area contributed by atoms with Crippen molar-refractivity contribution in [1.82, 2.24) is 49.9 Å². The summed E-state index contributed by atoms with van der Waals surface area (Å²) < 4.78 is 19.7. The van der Waals surface area contributed by atoms with Crippen molar-refractivity contribution in [3.8, 4) is 22.5 Å². The second kappa shape index (κ2) is 23.0. The summed E-state index contributed by atoms with van der Waals surface area (Å²) in [5.74, 6) is -1.92. The van der Waals surface area contributed by atoms with Gasteiger partial charge >= 0.3 is 12.0 Å². The molecule has 4 aliphatic rings. The average Bonchev–Trinajstić information content (AvgIpc) is 3.98. The molecule has 1 aromatic carbocycles. The van der Waals surface area contributed by atoms with Crippen LogP contribution < -0.4 is 10.7 Å². The molecule has 2 N–H and O–H groups in total. The number of carbonyl (C=O) groups is 5. The molecule has 0 aliphatic carbocycles. The number of likely N-dealkylation sites (N-methyl/N-ethyl adjacent to an activating group) is 1. The number of nitrogens with one attached hydrogen (secondary N) is 2. The largest absolute Gasteiger partial charge is 0.464 e. The molecule has 0 saturated carbocycles. The second-order valence-corrected chi connectivity index (χ2v) is 21.5. The molecule has 18 nitrogen and oxygen atoms in total. The number of pyridine rings is 1. The zero-order valence-electron chi connectivity index (χ0n) is 43.1. The Bertz CT molecular complexity index is 2640. The Morgan fingerprint density at radius 2 is 1.83 bits per heavy atom. The molecule has 3 aromatic heterocycles. The third-order valence-electron chi connectivity index (χ3n) is 14.3. The zero-order chi connectivity index (χ0) is 51.3. The summed E-state index contributed by atoms with van der Waals surface area (Å²) in [6.07, 6.45) is 7.16. The van der Waals surface area contributed by atoms with Gasteiger partial charge < -0.3 is 38.8 Å². The predicted octanol–water partition coefficient (Wildman–Crippen LogP) is 5.66. The Labute approximate surface area is 427 Å². The van der Waals surface area contributed by atoms with Gasteiger partial charge in [-0.3, -0.25) is 34.1 Å². The van der Waals surface area contributed by atoms with E-state index in [-0.39, 0.29) is 37.6 Å². The summed E-state index contributed by atoms with van der Waals surface area (Å²) in [7, 11) is 3.28. The smallest absolute Gasteiger partial charge is 0.324 e. The highest BCUT2D eigenvalue weighted by atomic mass is 32.1. The molecule has 4 aliphatic heterocycles.